The molecule has 1 atom stereocenters. The molecule has 0 radical (unpaired) electrons. The summed E-state index contributed by atoms with van der Waals surface area (Å²) in [6.45, 7) is 0.503. The van der Waals surface area contributed by atoms with Gasteiger partial charge in [0.15, 0.2) is 0 Å². The van der Waals surface area contributed by atoms with Crippen LogP contribution in [0.5, 0.6) is 0 Å². The maximum Gasteiger partial charge on any atom is 0.0512 e. The highest BCUT2D eigenvalue weighted by molar-refractivity contribution is 9.10. The second-order valence-corrected chi connectivity index (χ2v) is 3.47. The molecular weight excluding hydrogens is 220 g/mol. The molecule has 3 N–H and O–H groups in total. The zero-order chi connectivity index (χ0) is 8.97. The van der Waals surface area contributed by atoms with Crippen LogP contribution < -0.4 is 5.73 Å². The lowest BCUT2D eigenvalue weighted by Crippen LogP contribution is -2.16. The van der Waals surface area contributed by atoms with E-state index in [2.05, 4.69) is 20.9 Å². The first-order chi connectivity index (χ1) is 5.77. The fourth-order valence-corrected chi connectivity index (χ4v) is 1.35. The molecule has 0 amide bonds. The van der Waals surface area contributed by atoms with Crippen molar-refractivity contribution in [2.24, 2.45) is 5.73 Å². The second-order valence-electron chi connectivity index (χ2n) is 2.55. The van der Waals surface area contributed by atoms with E-state index in [1.54, 1.807) is 12.4 Å². The molecule has 0 aliphatic carbocycles. The van der Waals surface area contributed by atoms with Crippen molar-refractivity contribution >= 4 is 15.9 Å². The molecule has 1 aromatic heterocycles. The van der Waals surface area contributed by atoms with Gasteiger partial charge in [0.05, 0.1) is 6.61 Å². The Bertz CT molecular complexity index is 251. The van der Waals surface area contributed by atoms with Crippen LogP contribution in [0.15, 0.2) is 22.9 Å². The number of hydrogen-bond donors (Lipinski definition) is 2. The Morgan fingerprint density at radius 1 is 1.58 bits per heavy atom. The van der Waals surface area contributed by atoms with Crippen LogP contribution in [0.1, 0.15) is 11.5 Å². The third-order valence-corrected chi connectivity index (χ3v) is 2.14. The lowest BCUT2D eigenvalue weighted by molar-refractivity contribution is 0.267. The topological polar surface area (TPSA) is 59.1 Å². The normalized spacial score (nSPS) is 12.9. The first-order valence-corrected chi connectivity index (χ1v) is 4.48. The largest absolute Gasteiger partial charge is 0.396 e. The maximum absolute atomic E-state index is 8.95. The number of nitrogens with two attached hydrogens (primary N) is 1. The second kappa shape index (κ2) is 4.54. The summed E-state index contributed by atoms with van der Waals surface area (Å²) in [5.74, 6) is -0.00463. The van der Waals surface area contributed by atoms with Crippen molar-refractivity contribution in [2.75, 3.05) is 13.2 Å². The average molecular weight is 231 g/mol. The van der Waals surface area contributed by atoms with Gasteiger partial charge in [-0.25, -0.2) is 0 Å². The fourth-order valence-electron chi connectivity index (χ4n) is 0.968. The van der Waals surface area contributed by atoms with Crippen molar-refractivity contribution in [3.63, 3.8) is 0 Å². The molecule has 0 fully saturated rings. The van der Waals surface area contributed by atoms with Gasteiger partial charge in [0.2, 0.25) is 0 Å². The zero-order valence-corrected chi connectivity index (χ0v) is 8.16. The minimum Gasteiger partial charge on any atom is -0.396 e. The fraction of sp³-hybridized carbons (Fsp3) is 0.375. The van der Waals surface area contributed by atoms with E-state index in [0.29, 0.717) is 6.54 Å². The standard InChI is InChI=1S/C8H11BrN2O/c9-8-1-6(3-11-4-8)7(2-10)5-12/h1,3-4,7,12H,2,5,10H2. The van der Waals surface area contributed by atoms with Crippen LogP contribution in [0.4, 0.5) is 0 Å². The molecule has 0 spiro atoms. The van der Waals surface area contributed by atoms with Gasteiger partial charge in [-0.3, -0.25) is 4.98 Å². The summed E-state index contributed by atoms with van der Waals surface area (Å²) in [6.07, 6.45) is 3.42. The van der Waals surface area contributed by atoms with E-state index in [9.17, 15) is 0 Å². The molecule has 66 valence electrons. The van der Waals surface area contributed by atoms with Gasteiger partial charge in [-0.05, 0) is 27.6 Å². The van der Waals surface area contributed by atoms with Gasteiger partial charge in [-0.2, -0.15) is 0 Å². The molecule has 4 heteroatoms. The predicted molar refractivity (Wildman–Crippen MR) is 50.8 cm³/mol. The van der Waals surface area contributed by atoms with Crippen LogP contribution in [-0.4, -0.2) is 23.2 Å². The Hall–Kier alpha value is -0.450. The van der Waals surface area contributed by atoms with Gasteiger partial charge in [-0.15, -0.1) is 0 Å². The van der Waals surface area contributed by atoms with Crippen LogP contribution in [0.3, 0.4) is 0 Å². The Labute approximate surface area is 79.7 Å². The lowest BCUT2D eigenvalue weighted by Gasteiger charge is -2.10. The number of aromatic nitrogens is 1. The van der Waals surface area contributed by atoms with Gasteiger partial charge in [0.25, 0.3) is 0 Å². The van der Waals surface area contributed by atoms with Crippen molar-refractivity contribution < 1.29 is 5.11 Å². The molecule has 1 heterocycles. The van der Waals surface area contributed by atoms with Crippen molar-refractivity contribution in [3.05, 3.63) is 28.5 Å². The molecule has 12 heavy (non-hydrogen) atoms. The number of pyridine rings is 1. The number of aliphatic hydroxyl groups excluding tert-OH is 1. The molecule has 3 nitrogen and oxygen atoms in total. The van der Waals surface area contributed by atoms with Crippen LogP contribution in [0, 0.1) is 0 Å². The minimum atomic E-state index is -0.00463. The van der Waals surface area contributed by atoms with Gasteiger partial charge in [0, 0.05) is 29.3 Å². The highest BCUT2D eigenvalue weighted by Gasteiger charge is 2.08. The molecule has 0 saturated carbocycles. The van der Waals surface area contributed by atoms with E-state index in [1.807, 2.05) is 6.07 Å². The highest BCUT2D eigenvalue weighted by Crippen LogP contribution is 2.16. The third kappa shape index (κ3) is 2.27. The number of hydrogen-bond acceptors (Lipinski definition) is 3. The highest BCUT2D eigenvalue weighted by atomic mass is 79.9. The molecular formula is C8H11BrN2O. The molecule has 0 saturated heterocycles. The molecule has 0 bridgehead atoms. The van der Waals surface area contributed by atoms with Crippen molar-refractivity contribution in [1.82, 2.24) is 4.98 Å². The smallest absolute Gasteiger partial charge is 0.0512 e. The molecule has 1 rings (SSSR count). The van der Waals surface area contributed by atoms with Crippen LogP contribution >= 0.6 is 15.9 Å². The van der Waals surface area contributed by atoms with Crippen molar-refractivity contribution in [3.8, 4) is 0 Å². The first-order valence-electron chi connectivity index (χ1n) is 3.69. The number of rotatable bonds is 3. The number of nitrogens with zero attached hydrogens (tertiary/aromatic N) is 1. The van der Waals surface area contributed by atoms with Gasteiger partial charge in [-0.1, -0.05) is 0 Å². The quantitative estimate of drug-likeness (QED) is 0.811. The minimum absolute atomic E-state index is 0.00463. The van der Waals surface area contributed by atoms with Crippen LogP contribution in [0.2, 0.25) is 0 Å². The van der Waals surface area contributed by atoms with E-state index in [-0.39, 0.29) is 12.5 Å². The maximum atomic E-state index is 8.95. The summed E-state index contributed by atoms with van der Waals surface area (Å²) >= 11 is 3.30. The molecule has 0 aromatic carbocycles. The van der Waals surface area contributed by atoms with Crippen molar-refractivity contribution in [1.29, 1.82) is 0 Å². The average Bonchev–Trinajstić information content (AvgIpc) is 2.07. The molecule has 0 aliphatic heterocycles. The first kappa shape index (κ1) is 9.64. The van der Waals surface area contributed by atoms with E-state index in [4.69, 9.17) is 10.8 Å². The Kier molecular flexibility index (Phi) is 3.65. The van der Waals surface area contributed by atoms with Crippen LogP contribution in [0.25, 0.3) is 0 Å². The van der Waals surface area contributed by atoms with E-state index >= 15 is 0 Å². The number of halogens is 1. The lowest BCUT2D eigenvalue weighted by atomic mass is 10.0. The zero-order valence-electron chi connectivity index (χ0n) is 6.57. The van der Waals surface area contributed by atoms with Gasteiger partial charge >= 0.3 is 0 Å². The summed E-state index contributed by atoms with van der Waals surface area (Å²) in [7, 11) is 0. The van der Waals surface area contributed by atoms with E-state index in [1.165, 1.54) is 0 Å². The van der Waals surface area contributed by atoms with E-state index in [0.717, 1.165) is 10.0 Å². The van der Waals surface area contributed by atoms with Gasteiger partial charge < -0.3 is 10.8 Å². The van der Waals surface area contributed by atoms with Crippen LogP contribution in [-0.2, 0) is 0 Å². The molecule has 1 aromatic rings. The Morgan fingerprint density at radius 2 is 2.33 bits per heavy atom. The van der Waals surface area contributed by atoms with Gasteiger partial charge in [0.1, 0.15) is 0 Å². The predicted octanol–water partition coefficient (Wildman–Crippen LogP) is 0.879. The summed E-state index contributed by atoms with van der Waals surface area (Å²) in [6, 6.07) is 1.92. The summed E-state index contributed by atoms with van der Waals surface area (Å²) < 4.78 is 0.909. The summed E-state index contributed by atoms with van der Waals surface area (Å²) in [4.78, 5) is 3.99. The number of aliphatic hydroxyl groups is 1. The Balaban J connectivity index is 2.85. The SMILES string of the molecule is NCC(CO)c1cncc(Br)c1. The third-order valence-electron chi connectivity index (χ3n) is 1.70. The Morgan fingerprint density at radius 3 is 2.83 bits per heavy atom. The summed E-state index contributed by atoms with van der Waals surface area (Å²) in [5.41, 5.74) is 6.43. The monoisotopic (exact) mass is 230 g/mol. The molecule has 1 unspecified atom stereocenters. The summed E-state index contributed by atoms with van der Waals surface area (Å²) in [5, 5.41) is 8.95. The van der Waals surface area contributed by atoms with E-state index < -0.39 is 0 Å². The molecule has 0 aliphatic rings. The van der Waals surface area contributed by atoms with Crippen molar-refractivity contribution in [2.45, 2.75) is 5.92 Å².